The van der Waals surface area contributed by atoms with Crippen molar-refractivity contribution in [3.8, 4) is 11.4 Å². The van der Waals surface area contributed by atoms with Gasteiger partial charge in [-0.25, -0.2) is 14.4 Å². The van der Waals surface area contributed by atoms with Crippen molar-refractivity contribution in [1.29, 1.82) is 0 Å². The molecular formula is C12H9FN4. The summed E-state index contributed by atoms with van der Waals surface area (Å²) in [5.41, 5.74) is 2.31. The van der Waals surface area contributed by atoms with E-state index in [4.69, 9.17) is 0 Å². The summed E-state index contributed by atoms with van der Waals surface area (Å²) >= 11 is 0. The van der Waals surface area contributed by atoms with Crippen LogP contribution in [0.2, 0.25) is 0 Å². The molecule has 5 heteroatoms. The normalized spacial score (nSPS) is 10.9. The first kappa shape index (κ1) is 9.89. The number of rotatable bonds is 1. The third-order valence-corrected chi connectivity index (χ3v) is 2.61. The minimum absolute atomic E-state index is 0.353. The van der Waals surface area contributed by atoms with Gasteiger partial charge in [0.05, 0.1) is 17.6 Å². The Balaban J connectivity index is 2.24. The molecule has 0 saturated heterocycles. The van der Waals surface area contributed by atoms with Crippen LogP contribution in [0.15, 0.2) is 36.8 Å². The van der Waals surface area contributed by atoms with Gasteiger partial charge >= 0.3 is 0 Å². The minimum atomic E-state index is -0.353. The summed E-state index contributed by atoms with van der Waals surface area (Å²) in [6.07, 6.45) is 4.76. The van der Waals surface area contributed by atoms with Crippen LogP contribution in [0, 0.1) is 12.7 Å². The molecule has 3 rings (SSSR count). The first-order valence-corrected chi connectivity index (χ1v) is 5.17. The van der Waals surface area contributed by atoms with Gasteiger partial charge in [0.25, 0.3) is 0 Å². The number of hydrogen-bond acceptors (Lipinski definition) is 3. The average Bonchev–Trinajstić information content (AvgIpc) is 2.69. The van der Waals surface area contributed by atoms with Crippen LogP contribution in [0.1, 0.15) is 5.69 Å². The highest BCUT2D eigenvalue weighted by Crippen LogP contribution is 2.20. The SMILES string of the molecule is Cc1c(-c2ccc(F)cn2)nc2ncccn12. The molecule has 0 aliphatic carbocycles. The Morgan fingerprint density at radius 1 is 1.24 bits per heavy atom. The van der Waals surface area contributed by atoms with E-state index < -0.39 is 0 Å². The topological polar surface area (TPSA) is 43.1 Å². The van der Waals surface area contributed by atoms with Crippen molar-refractivity contribution in [3.63, 3.8) is 0 Å². The van der Waals surface area contributed by atoms with Crippen LogP contribution in [0.25, 0.3) is 17.2 Å². The van der Waals surface area contributed by atoms with E-state index in [2.05, 4.69) is 15.0 Å². The molecule has 0 bridgehead atoms. The minimum Gasteiger partial charge on any atom is -0.288 e. The van der Waals surface area contributed by atoms with Gasteiger partial charge < -0.3 is 0 Å². The average molecular weight is 228 g/mol. The van der Waals surface area contributed by atoms with Crippen molar-refractivity contribution in [1.82, 2.24) is 19.4 Å². The lowest BCUT2D eigenvalue weighted by Gasteiger charge is -1.97. The molecule has 3 aromatic heterocycles. The molecular weight excluding hydrogens is 219 g/mol. The van der Waals surface area contributed by atoms with Crippen LogP contribution < -0.4 is 0 Å². The Kier molecular flexibility index (Phi) is 2.11. The number of fused-ring (bicyclic) bond motifs is 1. The molecule has 0 N–H and O–H groups in total. The van der Waals surface area contributed by atoms with Crippen molar-refractivity contribution in [2.45, 2.75) is 6.92 Å². The molecule has 0 saturated carbocycles. The molecule has 0 atom stereocenters. The Morgan fingerprint density at radius 2 is 2.12 bits per heavy atom. The summed E-state index contributed by atoms with van der Waals surface area (Å²) in [6.45, 7) is 1.93. The molecule has 4 nitrogen and oxygen atoms in total. The number of imidazole rings is 1. The quantitative estimate of drug-likeness (QED) is 0.641. The maximum atomic E-state index is 12.8. The number of aryl methyl sites for hydroxylation is 1. The predicted octanol–water partition coefficient (Wildman–Crippen LogP) is 2.24. The Hall–Kier alpha value is -2.30. The molecule has 0 unspecified atom stereocenters. The zero-order chi connectivity index (χ0) is 11.8. The van der Waals surface area contributed by atoms with Crippen LogP contribution in [0.3, 0.4) is 0 Å². The molecule has 0 aliphatic heterocycles. The first-order valence-electron chi connectivity index (χ1n) is 5.17. The molecule has 0 fully saturated rings. The van der Waals surface area contributed by atoms with E-state index >= 15 is 0 Å². The Morgan fingerprint density at radius 3 is 2.82 bits per heavy atom. The van der Waals surface area contributed by atoms with Crippen LogP contribution >= 0.6 is 0 Å². The Bertz CT molecular complexity index is 673. The van der Waals surface area contributed by atoms with E-state index in [0.29, 0.717) is 11.5 Å². The van der Waals surface area contributed by atoms with E-state index in [-0.39, 0.29) is 5.82 Å². The van der Waals surface area contributed by atoms with Gasteiger partial charge in [0.2, 0.25) is 5.78 Å². The summed E-state index contributed by atoms with van der Waals surface area (Å²) in [7, 11) is 0. The van der Waals surface area contributed by atoms with Gasteiger partial charge in [0.15, 0.2) is 0 Å². The third kappa shape index (κ3) is 1.56. The summed E-state index contributed by atoms with van der Waals surface area (Å²) in [4.78, 5) is 12.6. The molecule has 0 radical (unpaired) electrons. The van der Waals surface area contributed by atoms with Crippen molar-refractivity contribution < 1.29 is 4.39 Å². The van der Waals surface area contributed by atoms with E-state index in [9.17, 15) is 4.39 Å². The summed E-state index contributed by atoms with van der Waals surface area (Å²) in [5.74, 6) is 0.263. The van der Waals surface area contributed by atoms with Gasteiger partial charge in [0, 0.05) is 12.4 Å². The molecule has 0 amide bonds. The lowest BCUT2D eigenvalue weighted by Crippen LogP contribution is -1.89. The van der Waals surface area contributed by atoms with Gasteiger partial charge in [-0.3, -0.25) is 9.38 Å². The van der Waals surface area contributed by atoms with Crippen LogP contribution in [-0.4, -0.2) is 19.4 Å². The monoisotopic (exact) mass is 228 g/mol. The zero-order valence-corrected chi connectivity index (χ0v) is 9.13. The van der Waals surface area contributed by atoms with Gasteiger partial charge in [-0.2, -0.15) is 0 Å². The molecule has 3 heterocycles. The van der Waals surface area contributed by atoms with Crippen LogP contribution in [-0.2, 0) is 0 Å². The number of halogens is 1. The highest BCUT2D eigenvalue weighted by Gasteiger charge is 2.11. The van der Waals surface area contributed by atoms with Crippen molar-refractivity contribution in [2.24, 2.45) is 0 Å². The standard InChI is InChI=1S/C12H9FN4/c1-8-11(10-4-3-9(13)7-15-10)16-12-14-5-2-6-17(8)12/h2-7H,1H3. The molecule has 84 valence electrons. The summed E-state index contributed by atoms with van der Waals surface area (Å²) in [6, 6.07) is 4.83. The number of pyridine rings is 1. The van der Waals surface area contributed by atoms with Crippen molar-refractivity contribution in [2.75, 3.05) is 0 Å². The lowest BCUT2D eigenvalue weighted by molar-refractivity contribution is 0.622. The fourth-order valence-corrected chi connectivity index (χ4v) is 1.76. The van der Waals surface area contributed by atoms with Gasteiger partial charge in [-0.05, 0) is 25.1 Å². The number of hydrogen-bond donors (Lipinski definition) is 0. The number of nitrogens with zero attached hydrogens (tertiary/aromatic N) is 4. The predicted molar refractivity (Wildman–Crippen MR) is 60.9 cm³/mol. The molecule has 0 spiro atoms. The van der Waals surface area contributed by atoms with E-state index in [1.54, 1.807) is 12.3 Å². The molecule has 0 aromatic carbocycles. The second-order valence-corrected chi connectivity index (χ2v) is 3.70. The largest absolute Gasteiger partial charge is 0.288 e. The lowest BCUT2D eigenvalue weighted by atomic mass is 10.2. The van der Waals surface area contributed by atoms with E-state index in [1.807, 2.05) is 23.6 Å². The van der Waals surface area contributed by atoms with Crippen LogP contribution in [0.5, 0.6) is 0 Å². The zero-order valence-electron chi connectivity index (χ0n) is 9.13. The Labute approximate surface area is 96.8 Å². The maximum absolute atomic E-state index is 12.8. The third-order valence-electron chi connectivity index (χ3n) is 2.61. The molecule has 0 aliphatic rings. The number of aromatic nitrogens is 4. The smallest absolute Gasteiger partial charge is 0.234 e. The van der Waals surface area contributed by atoms with Gasteiger partial charge in [-0.15, -0.1) is 0 Å². The highest BCUT2D eigenvalue weighted by atomic mass is 19.1. The second-order valence-electron chi connectivity index (χ2n) is 3.70. The highest BCUT2D eigenvalue weighted by molar-refractivity contribution is 5.61. The van der Waals surface area contributed by atoms with Crippen LogP contribution in [0.4, 0.5) is 4.39 Å². The van der Waals surface area contributed by atoms with Crippen molar-refractivity contribution in [3.05, 3.63) is 48.3 Å². The van der Waals surface area contributed by atoms with Gasteiger partial charge in [-0.1, -0.05) is 0 Å². The summed E-state index contributed by atoms with van der Waals surface area (Å²) < 4.78 is 14.7. The van der Waals surface area contributed by atoms with E-state index in [1.165, 1.54) is 12.3 Å². The molecule has 17 heavy (non-hydrogen) atoms. The second kappa shape index (κ2) is 3.62. The fourth-order valence-electron chi connectivity index (χ4n) is 1.76. The summed E-state index contributed by atoms with van der Waals surface area (Å²) in [5, 5.41) is 0. The molecule has 3 aromatic rings. The first-order chi connectivity index (χ1) is 8.25. The fraction of sp³-hybridized carbons (Fsp3) is 0.0833. The van der Waals surface area contributed by atoms with E-state index in [0.717, 1.165) is 11.4 Å². The van der Waals surface area contributed by atoms with Gasteiger partial charge in [0.1, 0.15) is 11.5 Å². The van der Waals surface area contributed by atoms with Crippen molar-refractivity contribution >= 4 is 5.78 Å². The maximum Gasteiger partial charge on any atom is 0.234 e.